The maximum atomic E-state index is 3.70. The third-order valence-corrected chi connectivity index (χ3v) is 9.38. The van der Waals surface area contributed by atoms with Gasteiger partial charge in [-0.2, -0.15) is 0 Å². The lowest BCUT2D eigenvalue weighted by molar-refractivity contribution is 0.757. The van der Waals surface area contributed by atoms with E-state index in [0.717, 1.165) is 29.5 Å². The Kier molecular flexibility index (Phi) is 9.04. The summed E-state index contributed by atoms with van der Waals surface area (Å²) in [6.45, 7) is 4.56. The second-order valence-electron chi connectivity index (χ2n) is 12.6. The average Bonchev–Trinajstić information content (AvgIpc) is 3.11. The molecule has 0 radical (unpaired) electrons. The third kappa shape index (κ3) is 6.39. The van der Waals surface area contributed by atoms with Crippen molar-refractivity contribution >= 4 is 43.1 Å². The minimum Gasteiger partial charge on any atom is -0.0930 e. The first-order valence-electron chi connectivity index (χ1n) is 17.2. The second-order valence-corrected chi connectivity index (χ2v) is 12.6. The number of hydrogen-bond acceptors (Lipinski definition) is 0. The van der Waals surface area contributed by atoms with Crippen LogP contribution >= 0.6 is 0 Å². The Hall–Kier alpha value is -5.30. The van der Waals surface area contributed by atoms with Gasteiger partial charge in [0.1, 0.15) is 0 Å². The van der Waals surface area contributed by atoms with Crippen molar-refractivity contribution in [3.05, 3.63) is 155 Å². The molecule has 7 aromatic carbocycles. The van der Waals surface area contributed by atoms with Crippen LogP contribution < -0.4 is 0 Å². The first kappa shape index (κ1) is 30.4. The van der Waals surface area contributed by atoms with Crippen LogP contribution in [0.2, 0.25) is 0 Å². The molecule has 0 bridgehead atoms. The van der Waals surface area contributed by atoms with Gasteiger partial charge in [0.15, 0.2) is 0 Å². The Labute approximate surface area is 279 Å². The molecule has 0 saturated heterocycles. The van der Waals surface area contributed by atoms with Crippen LogP contribution in [0.15, 0.2) is 121 Å². The number of aryl methyl sites for hydroxylation is 2. The van der Waals surface area contributed by atoms with E-state index in [2.05, 4.69) is 159 Å². The van der Waals surface area contributed by atoms with Gasteiger partial charge in [-0.15, -0.1) is 0 Å². The molecule has 0 fully saturated rings. The van der Waals surface area contributed by atoms with Crippen LogP contribution in [0.3, 0.4) is 0 Å². The Morgan fingerprint density at radius 2 is 0.851 bits per heavy atom. The zero-order valence-corrected chi connectivity index (χ0v) is 27.5. The predicted octanol–water partition coefficient (Wildman–Crippen LogP) is 12.0. The minimum absolute atomic E-state index is 0.658. The third-order valence-electron chi connectivity index (χ3n) is 9.38. The summed E-state index contributed by atoms with van der Waals surface area (Å²) in [6.07, 6.45) is 7.60. The van der Waals surface area contributed by atoms with Crippen molar-refractivity contribution in [3.63, 3.8) is 0 Å². The monoisotopic (exact) mass is 604 g/mol. The Bertz CT molecular complexity index is 2260. The van der Waals surface area contributed by atoms with Crippen LogP contribution in [0.1, 0.15) is 72.9 Å². The summed E-state index contributed by atoms with van der Waals surface area (Å²) >= 11 is 0. The molecule has 0 saturated carbocycles. The summed E-state index contributed by atoms with van der Waals surface area (Å²) < 4.78 is 0. The maximum absolute atomic E-state index is 3.70. The van der Waals surface area contributed by atoms with E-state index < -0.39 is 0 Å². The molecule has 0 spiro atoms. The molecule has 47 heavy (non-hydrogen) atoms. The van der Waals surface area contributed by atoms with Gasteiger partial charge in [-0.25, -0.2) is 0 Å². The van der Waals surface area contributed by atoms with Gasteiger partial charge in [0, 0.05) is 23.1 Å². The van der Waals surface area contributed by atoms with Crippen molar-refractivity contribution in [2.24, 2.45) is 0 Å². The van der Waals surface area contributed by atoms with Crippen molar-refractivity contribution in [1.82, 2.24) is 0 Å². The van der Waals surface area contributed by atoms with Gasteiger partial charge < -0.3 is 0 Å². The van der Waals surface area contributed by atoms with Crippen molar-refractivity contribution < 1.29 is 0 Å². The number of benzene rings is 7. The molecule has 0 aliphatic rings. The summed E-state index contributed by atoms with van der Waals surface area (Å²) in [7, 11) is 0. The number of rotatable bonds is 7. The smallest absolute Gasteiger partial charge is 0.0405 e. The van der Waals surface area contributed by atoms with E-state index in [4.69, 9.17) is 0 Å². The molecule has 7 rings (SSSR count). The van der Waals surface area contributed by atoms with E-state index in [-0.39, 0.29) is 0 Å². The fourth-order valence-corrected chi connectivity index (χ4v) is 6.86. The van der Waals surface area contributed by atoms with E-state index in [1.807, 2.05) is 0 Å². The lowest BCUT2D eigenvalue weighted by Gasteiger charge is -2.13. The molecular weight excluding hydrogens is 565 g/mol. The summed E-state index contributed by atoms with van der Waals surface area (Å²) in [5, 5.41) is 9.73. The highest BCUT2D eigenvalue weighted by molar-refractivity contribution is 6.05. The van der Waals surface area contributed by atoms with Gasteiger partial charge in [0.2, 0.25) is 0 Å². The van der Waals surface area contributed by atoms with Crippen LogP contribution in [-0.2, 0) is 19.3 Å². The minimum atomic E-state index is 0.658. The fraction of sp³-hybridized carbons (Fsp3) is 0.191. The van der Waals surface area contributed by atoms with E-state index in [1.54, 1.807) is 0 Å². The molecule has 0 nitrogen and oxygen atoms in total. The number of hydrogen-bond donors (Lipinski definition) is 0. The molecule has 0 amide bonds. The van der Waals surface area contributed by atoms with Gasteiger partial charge >= 0.3 is 0 Å². The summed E-state index contributed by atoms with van der Waals surface area (Å²) in [4.78, 5) is 0. The van der Waals surface area contributed by atoms with Crippen LogP contribution in [-0.4, -0.2) is 0 Å². The van der Waals surface area contributed by atoms with Crippen molar-refractivity contribution in [1.29, 1.82) is 0 Å². The Morgan fingerprint density at radius 3 is 1.32 bits per heavy atom. The quantitative estimate of drug-likeness (QED) is 0.125. The number of fused-ring (bicyclic) bond motifs is 4. The summed E-state index contributed by atoms with van der Waals surface area (Å²) in [6, 6.07) is 43.8. The first-order valence-corrected chi connectivity index (χ1v) is 17.2. The molecule has 0 aliphatic heterocycles. The highest BCUT2D eigenvalue weighted by Gasteiger charge is 2.11. The molecular formula is C47H40. The van der Waals surface area contributed by atoms with Crippen molar-refractivity contribution in [2.75, 3.05) is 0 Å². The second kappa shape index (κ2) is 14.0. The maximum Gasteiger partial charge on any atom is 0.0405 e. The molecule has 0 heterocycles. The van der Waals surface area contributed by atoms with Crippen molar-refractivity contribution in [2.45, 2.75) is 58.8 Å². The topological polar surface area (TPSA) is 0 Å². The SMILES string of the molecule is CCCCc1cc(C#Cc2c3ccccc3cc3ccccc23)c(CC#Cc2c3ccccc3cc3ccccc23)cc1CCCC. The van der Waals surface area contributed by atoms with Crippen LogP contribution in [0, 0.1) is 23.7 Å². The Balaban J connectivity index is 1.38. The van der Waals surface area contributed by atoms with Gasteiger partial charge in [-0.1, -0.05) is 153 Å². The van der Waals surface area contributed by atoms with E-state index in [0.29, 0.717) is 6.42 Å². The standard InChI is InChI=1S/C47H40/c1-3-5-16-34-30-36(22-15-27-46-42-23-11-7-18-38(42)32-39-19-8-12-24-43(39)46)37(31-35(34)17-6-4-2)28-29-47-44-25-13-9-20-40(44)33-41-21-10-14-26-45(41)47/h7-14,18-21,23-26,30-33H,3-6,16-17,22H2,1-2H3. The zero-order valence-electron chi connectivity index (χ0n) is 27.5. The molecule has 0 aliphatic carbocycles. The molecule has 0 aromatic heterocycles. The van der Waals surface area contributed by atoms with Gasteiger partial charge in [-0.05, 0) is 104 Å². The van der Waals surface area contributed by atoms with Gasteiger partial charge in [0.05, 0.1) is 0 Å². The highest BCUT2D eigenvalue weighted by Crippen LogP contribution is 2.30. The van der Waals surface area contributed by atoms with Crippen molar-refractivity contribution in [3.8, 4) is 23.7 Å². The summed E-state index contributed by atoms with van der Waals surface area (Å²) in [5.74, 6) is 14.7. The fourth-order valence-electron chi connectivity index (χ4n) is 6.86. The summed E-state index contributed by atoms with van der Waals surface area (Å²) in [5.41, 5.74) is 7.45. The molecule has 228 valence electrons. The highest BCUT2D eigenvalue weighted by atomic mass is 14.1. The molecule has 0 heteroatoms. The normalized spacial score (nSPS) is 11.0. The van der Waals surface area contributed by atoms with E-state index >= 15 is 0 Å². The van der Waals surface area contributed by atoms with Crippen LogP contribution in [0.25, 0.3) is 43.1 Å². The molecule has 0 atom stereocenters. The van der Waals surface area contributed by atoms with Crippen LogP contribution in [0.4, 0.5) is 0 Å². The number of unbranched alkanes of at least 4 members (excludes halogenated alkanes) is 2. The largest absolute Gasteiger partial charge is 0.0930 e. The average molecular weight is 605 g/mol. The van der Waals surface area contributed by atoms with Gasteiger partial charge in [-0.3, -0.25) is 0 Å². The Morgan fingerprint density at radius 1 is 0.426 bits per heavy atom. The predicted molar refractivity (Wildman–Crippen MR) is 203 cm³/mol. The zero-order chi connectivity index (χ0) is 32.0. The van der Waals surface area contributed by atoms with Crippen LogP contribution in [0.5, 0.6) is 0 Å². The lowest BCUT2D eigenvalue weighted by Crippen LogP contribution is -2.01. The molecule has 7 aromatic rings. The molecule has 0 N–H and O–H groups in total. The lowest BCUT2D eigenvalue weighted by atomic mass is 9.91. The molecule has 0 unspecified atom stereocenters. The first-order chi connectivity index (χ1) is 23.2. The van der Waals surface area contributed by atoms with E-state index in [9.17, 15) is 0 Å². The van der Waals surface area contributed by atoms with Gasteiger partial charge in [0.25, 0.3) is 0 Å². The van der Waals surface area contributed by atoms with E-state index in [1.165, 1.54) is 85.5 Å².